The standard InChI is InChI=1S/C15H22BrN/c1-2-6-15-9-3-4-10-17(15)12-13-7-5-8-14(16)11-13/h5,7-8,11,15H,2-4,6,9-10,12H2,1H3. The van der Waals surface area contributed by atoms with Gasteiger partial charge in [-0.05, 0) is 43.5 Å². The molecule has 2 rings (SSSR count). The molecule has 1 aliphatic heterocycles. The Balaban J connectivity index is 2.00. The molecule has 0 radical (unpaired) electrons. The summed E-state index contributed by atoms with van der Waals surface area (Å²) in [6.45, 7) is 4.69. The summed E-state index contributed by atoms with van der Waals surface area (Å²) in [5.74, 6) is 0. The molecule has 1 fully saturated rings. The van der Waals surface area contributed by atoms with Crippen molar-refractivity contribution in [1.82, 2.24) is 4.90 Å². The normalized spacial score (nSPS) is 21.6. The maximum Gasteiger partial charge on any atom is 0.0237 e. The molecular weight excluding hydrogens is 274 g/mol. The fourth-order valence-corrected chi connectivity index (χ4v) is 3.24. The van der Waals surface area contributed by atoms with E-state index < -0.39 is 0 Å². The first-order chi connectivity index (χ1) is 8.29. The Hall–Kier alpha value is -0.340. The molecule has 1 atom stereocenters. The smallest absolute Gasteiger partial charge is 0.0237 e. The third-order valence-corrected chi connectivity index (χ3v) is 4.14. The number of benzene rings is 1. The third kappa shape index (κ3) is 3.82. The number of rotatable bonds is 4. The predicted octanol–water partition coefficient (Wildman–Crippen LogP) is 4.60. The van der Waals surface area contributed by atoms with Gasteiger partial charge >= 0.3 is 0 Å². The second kappa shape index (κ2) is 6.55. The van der Waals surface area contributed by atoms with Crippen LogP contribution in [0.15, 0.2) is 28.7 Å². The summed E-state index contributed by atoms with van der Waals surface area (Å²) in [5, 5.41) is 0. The van der Waals surface area contributed by atoms with Crippen molar-refractivity contribution in [3.8, 4) is 0 Å². The quantitative estimate of drug-likeness (QED) is 0.784. The second-order valence-electron chi connectivity index (χ2n) is 5.04. The molecule has 1 nitrogen and oxygen atoms in total. The average molecular weight is 296 g/mol. The molecule has 0 N–H and O–H groups in total. The van der Waals surface area contributed by atoms with E-state index in [-0.39, 0.29) is 0 Å². The molecule has 1 saturated heterocycles. The van der Waals surface area contributed by atoms with E-state index in [0.29, 0.717) is 0 Å². The zero-order valence-corrected chi connectivity index (χ0v) is 12.2. The third-order valence-electron chi connectivity index (χ3n) is 3.65. The molecule has 94 valence electrons. The topological polar surface area (TPSA) is 3.24 Å². The summed E-state index contributed by atoms with van der Waals surface area (Å²) in [5.41, 5.74) is 1.43. The molecule has 0 amide bonds. The van der Waals surface area contributed by atoms with Crippen LogP contribution in [0, 0.1) is 0 Å². The number of halogens is 1. The van der Waals surface area contributed by atoms with Crippen LogP contribution in [0.3, 0.4) is 0 Å². The van der Waals surface area contributed by atoms with Crippen molar-refractivity contribution < 1.29 is 0 Å². The van der Waals surface area contributed by atoms with Gasteiger partial charge in [0.2, 0.25) is 0 Å². The van der Waals surface area contributed by atoms with E-state index in [1.54, 1.807) is 0 Å². The molecule has 2 heteroatoms. The van der Waals surface area contributed by atoms with Gasteiger partial charge in [0.05, 0.1) is 0 Å². The zero-order chi connectivity index (χ0) is 12.1. The van der Waals surface area contributed by atoms with Crippen LogP contribution in [0.25, 0.3) is 0 Å². The van der Waals surface area contributed by atoms with Gasteiger partial charge in [-0.25, -0.2) is 0 Å². The lowest BCUT2D eigenvalue weighted by atomic mass is 9.97. The van der Waals surface area contributed by atoms with E-state index in [2.05, 4.69) is 52.0 Å². The lowest BCUT2D eigenvalue weighted by Crippen LogP contribution is -2.38. The van der Waals surface area contributed by atoms with Crippen LogP contribution in [0.4, 0.5) is 0 Å². The summed E-state index contributed by atoms with van der Waals surface area (Å²) >= 11 is 3.55. The van der Waals surface area contributed by atoms with Gasteiger partial charge in [0.1, 0.15) is 0 Å². The molecule has 1 aromatic rings. The van der Waals surface area contributed by atoms with Crippen LogP contribution in [-0.4, -0.2) is 17.5 Å². The Morgan fingerprint density at radius 2 is 2.24 bits per heavy atom. The highest BCUT2D eigenvalue weighted by Crippen LogP contribution is 2.23. The molecule has 0 aromatic heterocycles. The molecule has 17 heavy (non-hydrogen) atoms. The molecule has 1 aromatic carbocycles. The highest BCUT2D eigenvalue weighted by molar-refractivity contribution is 9.10. The summed E-state index contributed by atoms with van der Waals surface area (Å²) in [4.78, 5) is 2.68. The van der Waals surface area contributed by atoms with Crippen molar-refractivity contribution in [2.75, 3.05) is 6.54 Å². The first-order valence-corrected chi connectivity index (χ1v) is 7.57. The van der Waals surface area contributed by atoms with Gasteiger partial charge in [-0.3, -0.25) is 4.90 Å². The van der Waals surface area contributed by atoms with Crippen molar-refractivity contribution in [2.45, 2.75) is 51.6 Å². The minimum absolute atomic E-state index is 0.813. The van der Waals surface area contributed by atoms with Gasteiger partial charge in [-0.1, -0.05) is 47.8 Å². The first-order valence-electron chi connectivity index (χ1n) is 6.78. The maximum atomic E-state index is 3.55. The highest BCUT2D eigenvalue weighted by atomic mass is 79.9. The van der Waals surface area contributed by atoms with Gasteiger partial charge in [0, 0.05) is 17.1 Å². The number of piperidine rings is 1. The van der Waals surface area contributed by atoms with Crippen LogP contribution in [-0.2, 0) is 6.54 Å². The summed E-state index contributed by atoms with van der Waals surface area (Å²) in [6.07, 6.45) is 6.84. The Bertz CT molecular complexity index is 349. The molecule has 0 bridgehead atoms. The minimum Gasteiger partial charge on any atom is -0.296 e. The highest BCUT2D eigenvalue weighted by Gasteiger charge is 2.21. The fraction of sp³-hybridized carbons (Fsp3) is 0.600. The SMILES string of the molecule is CCCC1CCCCN1Cc1cccc(Br)c1. The van der Waals surface area contributed by atoms with E-state index in [1.165, 1.54) is 48.7 Å². The first kappa shape index (κ1) is 13.1. The van der Waals surface area contributed by atoms with Gasteiger partial charge in [-0.15, -0.1) is 0 Å². The van der Waals surface area contributed by atoms with E-state index in [4.69, 9.17) is 0 Å². The van der Waals surface area contributed by atoms with Crippen LogP contribution in [0.5, 0.6) is 0 Å². The number of hydrogen-bond donors (Lipinski definition) is 0. The molecule has 1 unspecified atom stereocenters. The van der Waals surface area contributed by atoms with E-state index >= 15 is 0 Å². The Kier molecular flexibility index (Phi) is 5.05. The van der Waals surface area contributed by atoms with Crippen LogP contribution < -0.4 is 0 Å². The lowest BCUT2D eigenvalue weighted by molar-refractivity contribution is 0.131. The van der Waals surface area contributed by atoms with E-state index in [9.17, 15) is 0 Å². The van der Waals surface area contributed by atoms with Gasteiger partial charge in [0.25, 0.3) is 0 Å². The monoisotopic (exact) mass is 295 g/mol. The molecule has 1 aliphatic rings. The Morgan fingerprint density at radius 3 is 3.00 bits per heavy atom. The molecule has 1 heterocycles. The Labute approximate surface area is 113 Å². The number of likely N-dealkylation sites (tertiary alicyclic amines) is 1. The van der Waals surface area contributed by atoms with Crippen molar-refractivity contribution in [3.63, 3.8) is 0 Å². The molecule has 0 spiro atoms. The Morgan fingerprint density at radius 1 is 1.35 bits per heavy atom. The number of nitrogens with zero attached hydrogens (tertiary/aromatic N) is 1. The average Bonchev–Trinajstić information content (AvgIpc) is 2.32. The predicted molar refractivity (Wildman–Crippen MR) is 77.1 cm³/mol. The summed E-state index contributed by atoms with van der Waals surface area (Å²) < 4.78 is 1.19. The minimum atomic E-state index is 0.813. The van der Waals surface area contributed by atoms with Crippen LogP contribution in [0.1, 0.15) is 44.6 Å². The maximum absolute atomic E-state index is 3.55. The molecular formula is C15H22BrN. The second-order valence-corrected chi connectivity index (χ2v) is 5.95. The largest absolute Gasteiger partial charge is 0.296 e. The fourth-order valence-electron chi connectivity index (χ4n) is 2.80. The molecule has 0 saturated carbocycles. The van der Waals surface area contributed by atoms with Gasteiger partial charge in [-0.2, -0.15) is 0 Å². The van der Waals surface area contributed by atoms with Gasteiger partial charge in [0.15, 0.2) is 0 Å². The van der Waals surface area contributed by atoms with Crippen molar-refractivity contribution in [2.24, 2.45) is 0 Å². The summed E-state index contributed by atoms with van der Waals surface area (Å²) in [7, 11) is 0. The van der Waals surface area contributed by atoms with Crippen LogP contribution in [0.2, 0.25) is 0 Å². The summed E-state index contributed by atoms with van der Waals surface area (Å²) in [6, 6.07) is 9.54. The van der Waals surface area contributed by atoms with Crippen LogP contribution >= 0.6 is 15.9 Å². The van der Waals surface area contributed by atoms with Crippen molar-refractivity contribution in [3.05, 3.63) is 34.3 Å². The molecule has 0 aliphatic carbocycles. The van der Waals surface area contributed by atoms with Crippen molar-refractivity contribution >= 4 is 15.9 Å². The van der Waals surface area contributed by atoms with Crippen molar-refractivity contribution in [1.29, 1.82) is 0 Å². The van der Waals surface area contributed by atoms with E-state index in [1.807, 2.05) is 0 Å². The lowest BCUT2D eigenvalue weighted by Gasteiger charge is -2.35. The number of hydrogen-bond acceptors (Lipinski definition) is 1. The zero-order valence-electron chi connectivity index (χ0n) is 10.7. The van der Waals surface area contributed by atoms with Gasteiger partial charge < -0.3 is 0 Å². The van der Waals surface area contributed by atoms with E-state index in [0.717, 1.165) is 12.6 Å².